The molecule has 0 aliphatic rings. The van der Waals surface area contributed by atoms with Gasteiger partial charge in [0.25, 0.3) is 5.91 Å². The van der Waals surface area contributed by atoms with E-state index in [0.717, 1.165) is 12.1 Å². The van der Waals surface area contributed by atoms with Crippen LogP contribution in [0.2, 0.25) is 0 Å². The molecule has 0 spiro atoms. The largest absolute Gasteiger partial charge is 0.396 e. The van der Waals surface area contributed by atoms with Gasteiger partial charge in [-0.15, -0.1) is 5.10 Å². The molecule has 0 radical (unpaired) electrons. The van der Waals surface area contributed by atoms with Crippen molar-refractivity contribution in [2.24, 2.45) is 5.92 Å². The molecule has 6 heteroatoms. The van der Waals surface area contributed by atoms with E-state index in [0.29, 0.717) is 24.4 Å². The van der Waals surface area contributed by atoms with Crippen molar-refractivity contribution in [2.75, 3.05) is 13.2 Å². The van der Waals surface area contributed by atoms with Crippen LogP contribution in [-0.2, 0) is 0 Å². The van der Waals surface area contributed by atoms with E-state index in [1.165, 1.54) is 0 Å². The summed E-state index contributed by atoms with van der Waals surface area (Å²) in [6.07, 6.45) is 5.00. The number of hydrogen-bond donors (Lipinski definition) is 2. The van der Waals surface area contributed by atoms with E-state index in [1.54, 1.807) is 29.2 Å². The van der Waals surface area contributed by atoms with Gasteiger partial charge in [0.1, 0.15) is 0 Å². The lowest BCUT2D eigenvalue weighted by Crippen LogP contribution is -2.29. The Morgan fingerprint density at radius 2 is 2.14 bits per heavy atom. The van der Waals surface area contributed by atoms with Gasteiger partial charge in [0.15, 0.2) is 0 Å². The van der Waals surface area contributed by atoms with E-state index in [4.69, 9.17) is 5.11 Å². The number of rotatable bonds is 7. The van der Waals surface area contributed by atoms with Crippen LogP contribution < -0.4 is 5.32 Å². The summed E-state index contributed by atoms with van der Waals surface area (Å²) in [5.41, 5.74) is 1.47. The Labute approximate surface area is 123 Å². The predicted octanol–water partition coefficient (Wildman–Crippen LogP) is 1.41. The average Bonchev–Trinajstić information content (AvgIpc) is 3.05. The second-order valence-corrected chi connectivity index (χ2v) is 4.89. The summed E-state index contributed by atoms with van der Waals surface area (Å²) < 4.78 is 1.63. The first-order valence-corrected chi connectivity index (χ1v) is 7.10. The molecular weight excluding hydrogens is 268 g/mol. The fourth-order valence-corrected chi connectivity index (χ4v) is 2.08. The van der Waals surface area contributed by atoms with E-state index < -0.39 is 0 Å². The van der Waals surface area contributed by atoms with Crippen LogP contribution in [0.1, 0.15) is 30.1 Å². The van der Waals surface area contributed by atoms with Gasteiger partial charge in [-0.3, -0.25) is 4.79 Å². The van der Waals surface area contributed by atoms with Gasteiger partial charge < -0.3 is 10.4 Å². The molecule has 6 nitrogen and oxygen atoms in total. The van der Waals surface area contributed by atoms with E-state index in [9.17, 15) is 4.79 Å². The van der Waals surface area contributed by atoms with Gasteiger partial charge in [-0.1, -0.05) is 18.6 Å². The Morgan fingerprint density at radius 1 is 1.38 bits per heavy atom. The van der Waals surface area contributed by atoms with Crippen molar-refractivity contribution in [1.82, 2.24) is 20.3 Å². The molecule has 0 bridgehead atoms. The van der Waals surface area contributed by atoms with Crippen LogP contribution >= 0.6 is 0 Å². The lowest BCUT2D eigenvalue weighted by atomic mass is 10.0. The number of hydrogen-bond acceptors (Lipinski definition) is 4. The van der Waals surface area contributed by atoms with E-state index >= 15 is 0 Å². The minimum Gasteiger partial charge on any atom is -0.396 e. The predicted molar refractivity (Wildman–Crippen MR) is 79.2 cm³/mol. The molecule has 0 saturated heterocycles. The molecule has 1 heterocycles. The van der Waals surface area contributed by atoms with Crippen molar-refractivity contribution in [3.8, 4) is 5.69 Å². The highest BCUT2D eigenvalue weighted by molar-refractivity contribution is 5.94. The standard InChI is InChI=1S/C15H20N4O2/c1-2-12(7-10-20)11-16-15(21)13-3-5-14(6-4-13)19-9-8-17-18-19/h3-6,8-9,12,20H,2,7,10-11H2,1H3,(H,16,21). The Morgan fingerprint density at radius 3 is 2.71 bits per heavy atom. The first kappa shape index (κ1) is 15.2. The highest BCUT2D eigenvalue weighted by Crippen LogP contribution is 2.09. The summed E-state index contributed by atoms with van der Waals surface area (Å²) in [5, 5.41) is 19.5. The van der Waals surface area contributed by atoms with Gasteiger partial charge in [0.05, 0.1) is 18.1 Å². The molecule has 1 amide bonds. The summed E-state index contributed by atoms with van der Waals surface area (Å²) in [7, 11) is 0. The first-order chi connectivity index (χ1) is 10.2. The van der Waals surface area contributed by atoms with Gasteiger partial charge in [0.2, 0.25) is 0 Å². The molecule has 0 fully saturated rings. The van der Waals surface area contributed by atoms with Crippen molar-refractivity contribution < 1.29 is 9.90 Å². The van der Waals surface area contributed by atoms with Crippen LogP contribution in [0.3, 0.4) is 0 Å². The normalized spacial score (nSPS) is 12.1. The Kier molecular flexibility index (Phi) is 5.45. The summed E-state index contributed by atoms with van der Waals surface area (Å²) in [5.74, 6) is 0.213. The SMILES string of the molecule is CCC(CCO)CNC(=O)c1ccc(-n2ccnn2)cc1. The van der Waals surface area contributed by atoms with E-state index in [2.05, 4.69) is 22.6 Å². The molecule has 112 valence electrons. The topological polar surface area (TPSA) is 80.0 Å². The number of amides is 1. The Bertz CT molecular complexity index is 552. The Hall–Kier alpha value is -2.21. The third-order valence-electron chi connectivity index (χ3n) is 3.48. The molecule has 0 aliphatic heterocycles. The lowest BCUT2D eigenvalue weighted by Gasteiger charge is -2.14. The molecule has 1 aromatic carbocycles. The van der Waals surface area contributed by atoms with Crippen molar-refractivity contribution in [2.45, 2.75) is 19.8 Å². The minimum atomic E-state index is -0.100. The van der Waals surface area contributed by atoms with Crippen molar-refractivity contribution in [1.29, 1.82) is 0 Å². The van der Waals surface area contributed by atoms with Crippen molar-refractivity contribution in [3.63, 3.8) is 0 Å². The van der Waals surface area contributed by atoms with Gasteiger partial charge in [-0.2, -0.15) is 0 Å². The van der Waals surface area contributed by atoms with Gasteiger partial charge in [0, 0.05) is 18.7 Å². The average molecular weight is 288 g/mol. The zero-order chi connectivity index (χ0) is 15.1. The van der Waals surface area contributed by atoms with Gasteiger partial charge in [-0.25, -0.2) is 4.68 Å². The molecule has 0 saturated carbocycles. The lowest BCUT2D eigenvalue weighted by molar-refractivity contribution is 0.0943. The van der Waals surface area contributed by atoms with E-state index in [-0.39, 0.29) is 12.5 Å². The number of aromatic nitrogens is 3. The smallest absolute Gasteiger partial charge is 0.251 e. The zero-order valence-corrected chi connectivity index (χ0v) is 12.1. The summed E-state index contributed by atoms with van der Waals surface area (Å²) >= 11 is 0. The maximum absolute atomic E-state index is 12.1. The molecular formula is C15H20N4O2. The van der Waals surface area contributed by atoms with Crippen LogP contribution in [-0.4, -0.2) is 39.2 Å². The minimum absolute atomic E-state index is 0.100. The second-order valence-electron chi connectivity index (χ2n) is 4.89. The fourth-order valence-electron chi connectivity index (χ4n) is 2.08. The number of aliphatic hydroxyl groups is 1. The van der Waals surface area contributed by atoms with Gasteiger partial charge in [-0.05, 0) is 36.6 Å². The zero-order valence-electron chi connectivity index (χ0n) is 12.1. The molecule has 1 aromatic heterocycles. The number of nitrogens with zero attached hydrogens (tertiary/aromatic N) is 3. The summed E-state index contributed by atoms with van der Waals surface area (Å²) in [6, 6.07) is 7.18. The fraction of sp³-hybridized carbons (Fsp3) is 0.400. The van der Waals surface area contributed by atoms with Crippen molar-refractivity contribution >= 4 is 5.91 Å². The maximum atomic E-state index is 12.1. The summed E-state index contributed by atoms with van der Waals surface area (Å²) in [4.78, 5) is 12.1. The molecule has 21 heavy (non-hydrogen) atoms. The van der Waals surface area contributed by atoms with Crippen LogP contribution in [0.15, 0.2) is 36.7 Å². The number of benzene rings is 1. The Balaban J connectivity index is 1.94. The summed E-state index contributed by atoms with van der Waals surface area (Å²) in [6.45, 7) is 2.79. The van der Waals surface area contributed by atoms with Crippen LogP contribution in [0.4, 0.5) is 0 Å². The number of aliphatic hydroxyl groups excluding tert-OH is 1. The monoisotopic (exact) mass is 288 g/mol. The van der Waals surface area contributed by atoms with Crippen molar-refractivity contribution in [3.05, 3.63) is 42.2 Å². The number of nitrogens with one attached hydrogen (secondary N) is 1. The third kappa shape index (κ3) is 4.13. The highest BCUT2D eigenvalue weighted by Gasteiger charge is 2.10. The molecule has 2 N–H and O–H groups in total. The molecule has 0 aliphatic carbocycles. The van der Waals surface area contributed by atoms with Gasteiger partial charge >= 0.3 is 0 Å². The number of carbonyl (C=O) groups excluding carboxylic acids is 1. The number of carbonyl (C=O) groups is 1. The molecule has 2 rings (SSSR count). The second kappa shape index (κ2) is 7.54. The highest BCUT2D eigenvalue weighted by atomic mass is 16.3. The molecule has 1 atom stereocenters. The molecule has 1 unspecified atom stereocenters. The maximum Gasteiger partial charge on any atom is 0.251 e. The van der Waals surface area contributed by atoms with Crippen LogP contribution in [0.25, 0.3) is 5.69 Å². The van der Waals surface area contributed by atoms with Crippen LogP contribution in [0, 0.1) is 5.92 Å². The van der Waals surface area contributed by atoms with E-state index in [1.807, 2.05) is 12.1 Å². The first-order valence-electron chi connectivity index (χ1n) is 7.10. The third-order valence-corrected chi connectivity index (χ3v) is 3.48. The quantitative estimate of drug-likeness (QED) is 0.807. The van der Waals surface area contributed by atoms with Crippen LogP contribution in [0.5, 0.6) is 0 Å². The molecule has 2 aromatic rings.